The van der Waals surface area contributed by atoms with Crippen molar-refractivity contribution >= 4 is 11.7 Å². The highest BCUT2D eigenvalue weighted by atomic mass is 16.5. The number of ether oxygens (including phenoxy) is 1. The minimum absolute atomic E-state index is 0.260. The van der Waals surface area contributed by atoms with Gasteiger partial charge in [0.15, 0.2) is 0 Å². The standard InChI is InChI=1S/C35H41N5O2/c1-39-21-23-40(24-22-39)20-7-11-29-9-2-4-12-33(29)34-13-5-3-10-30(34)18-25-42-32-16-14-31(15-17-32)38-35(41)37-27-28-8-6-19-36-26-28/h2-6,8-10,12-17,19,26H,7,11,18,20-25,27H2,1H3,(H2,37,38,41). The molecule has 0 spiro atoms. The number of carbonyl (C=O) groups is 1. The van der Waals surface area contributed by atoms with Crippen molar-refractivity contribution in [2.24, 2.45) is 0 Å². The Morgan fingerprint density at radius 2 is 1.52 bits per heavy atom. The molecule has 0 aliphatic carbocycles. The maximum atomic E-state index is 12.2. The lowest BCUT2D eigenvalue weighted by Gasteiger charge is -2.32. The monoisotopic (exact) mass is 563 g/mol. The molecule has 5 rings (SSSR count). The van der Waals surface area contributed by atoms with Gasteiger partial charge in [0, 0.05) is 57.2 Å². The van der Waals surface area contributed by atoms with E-state index in [2.05, 4.69) is 81.0 Å². The molecule has 4 aromatic rings. The molecular formula is C35H41N5O2. The van der Waals surface area contributed by atoms with Crippen molar-refractivity contribution in [2.75, 3.05) is 51.7 Å². The number of amides is 2. The number of pyridine rings is 1. The van der Waals surface area contributed by atoms with Crippen molar-refractivity contribution < 1.29 is 9.53 Å². The number of likely N-dealkylation sites (N-methyl/N-ethyl adjacent to an activating group) is 1. The number of hydrogen-bond donors (Lipinski definition) is 2. The van der Waals surface area contributed by atoms with E-state index in [1.165, 1.54) is 41.8 Å². The number of carbonyl (C=O) groups excluding carboxylic acids is 1. The van der Waals surface area contributed by atoms with Gasteiger partial charge in [-0.2, -0.15) is 0 Å². The smallest absolute Gasteiger partial charge is 0.319 e. The predicted octanol–water partition coefficient (Wildman–Crippen LogP) is 5.87. The second kappa shape index (κ2) is 15.1. The van der Waals surface area contributed by atoms with E-state index in [1.54, 1.807) is 12.4 Å². The van der Waals surface area contributed by atoms with E-state index in [-0.39, 0.29) is 6.03 Å². The van der Waals surface area contributed by atoms with Crippen LogP contribution in [0.2, 0.25) is 0 Å². The minimum Gasteiger partial charge on any atom is -0.493 e. The van der Waals surface area contributed by atoms with Crippen LogP contribution in [0.1, 0.15) is 23.1 Å². The molecule has 1 aliphatic heterocycles. The number of piperazine rings is 1. The molecule has 1 saturated heterocycles. The summed E-state index contributed by atoms with van der Waals surface area (Å²) in [6.07, 6.45) is 6.50. The van der Waals surface area contributed by atoms with Crippen LogP contribution in [0.4, 0.5) is 10.5 Å². The summed E-state index contributed by atoms with van der Waals surface area (Å²) in [5, 5.41) is 5.70. The third-order valence-electron chi connectivity index (χ3n) is 7.77. The SMILES string of the molecule is CN1CCN(CCCc2ccccc2-c2ccccc2CCOc2ccc(NC(=O)NCc3cccnc3)cc2)CC1. The molecule has 3 aromatic carbocycles. The summed E-state index contributed by atoms with van der Waals surface area (Å²) in [5.41, 5.74) is 6.96. The van der Waals surface area contributed by atoms with Crippen LogP contribution in [0.15, 0.2) is 97.3 Å². The van der Waals surface area contributed by atoms with E-state index >= 15 is 0 Å². The van der Waals surface area contributed by atoms with Gasteiger partial charge < -0.3 is 25.2 Å². The summed E-state index contributed by atoms with van der Waals surface area (Å²) in [7, 11) is 2.21. The Balaban J connectivity index is 1.11. The van der Waals surface area contributed by atoms with Crippen molar-refractivity contribution in [3.63, 3.8) is 0 Å². The Morgan fingerprint density at radius 1 is 0.833 bits per heavy atom. The minimum atomic E-state index is -0.260. The first-order valence-electron chi connectivity index (χ1n) is 14.9. The van der Waals surface area contributed by atoms with Crippen LogP contribution in [0, 0.1) is 0 Å². The maximum Gasteiger partial charge on any atom is 0.319 e. The van der Waals surface area contributed by atoms with Gasteiger partial charge >= 0.3 is 6.03 Å². The molecule has 0 bridgehead atoms. The van der Waals surface area contributed by atoms with Gasteiger partial charge in [0.1, 0.15) is 5.75 Å². The maximum absolute atomic E-state index is 12.2. The average Bonchev–Trinajstić information content (AvgIpc) is 3.03. The molecule has 2 amide bonds. The molecule has 2 heterocycles. The summed E-state index contributed by atoms with van der Waals surface area (Å²) in [6.45, 7) is 6.81. The molecule has 1 aromatic heterocycles. The van der Waals surface area contributed by atoms with Crippen LogP contribution in [-0.2, 0) is 19.4 Å². The molecule has 1 aliphatic rings. The van der Waals surface area contributed by atoms with E-state index in [4.69, 9.17) is 4.74 Å². The van der Waals surface area contributed by atoms with Crippen LogP contribution in [0.3, 0.4) is 0 Å². The normalized spacial score (nSPS) is 13.9. The van der Waals surface area contributed by atoms with E-state index in [0.717, 1.165) is 43.8 Å². The highest BCUT2D eigenvalue weighted by Gasteiger charge is 2.14. The number of urea groups is 1. The number of nitrogens with zero attached hydrogens (tertiary/aromatic N) is 3. The van der Waals surface area contributed by atoms with E-state index in [9.17, 15) is 4.79 Å². The predicted molar refractivity (Wildman–Crippen MR) is 170 cm³/mol. The third kappa shape index (κ3) is 8.65. The van der Waals surface area contributed by atoms with Crippen LogP contribution < -0.4 is 15.4 Å². The topological polar surface area (TPSA) is 69.7 Å². The summed E-state index contributed by atoms with van der Waals surface area (Å²) < 4.78 is 6.09. The quantitative estimate of drug-likeness (QED) is 0.226. The molecule has 0 saturated carbocycles. The molecule has 0 radical (unpaired) electrons. The lowest BCUT2D eigenvalue weighted by atomic mass is 9.92. The van der Waals surface area contributed by atoms with E-state index in [0.29, 0.717) is 18.8 Å². The van der Waals surface area contributed by atoms with Crippen molar-refractivity contribution in [2.45, 2.75) is 25.8 Å². The first-order chi connectivity index (χ1) is 20.6. The lowest BCUT2D eigenvalue weighted by molar-refractivity contribution is 0.153. The molecule has 1 fully saturated rings. The van der Waals surface area contributed by atoms with Gasteiger partial charge in [0.05, 0.1) is 6.61 Å². The van der Waals surface area contributed by atoms with Gasteiger partial charge in [-0.25, -0.2) is 4.79 Å². The Bertz CT molecular complexity index is 1400. The highest BCUT2D eigenvalue weighted by molar-refractivity contribution is 5.89. The molecule has 42 heavy (non-hydrogen) atoms. The van der Waals surface area contributed by atoms with Crippen LogP contribution >= 0.6 is 0 Å². The fourth-order valence-corrected chi connectivity index (χ4v) is 5.34. The van der Waals surface area contributed by atoms with Crippen molar-refractivity contribution in [3.8, 4) is 16.9 Å². The first-order valence-corrected chi connectivity index (χ1v) is 14.9. The number of anilines is 1. The zero-order valence-corrected chi connectivity index (χ0v) is 24.5. The number of aryl methyl sites for hydroxylation is 1. The Hall–Kier alpha value is -4.20. The third-order valence-corrected chi connectivity index (χ3v) is 7.77. The van der Waals surface area contributed by atoms with Gasteiger partial charge in [-0.15, -0.1) is 0 Å². The molecular weight excluding hydrogens is 522 g/mol. The number of hydrogen-bond acceptors (Lipinski definition) is 5. The molecule has 2 N–H and O–H groups in total. The average molecular weight is 564 g/mol. The van der Waals surface area contributed by atoms with Gasteiger partial charge in [0.25, 0.3) is 0 Å². The van der Waals surface area contributed by atoms with E-state index in [1.807, 2.05) is 36.4 Å². The largest absolute Gasteiger partial charge is 0.493 e. The number of benzene rings is 3. The zero-order valence-electron chi connectivity index (χ0n) is 24.5. The van der Waals surface area contributed by atoms with Crippen LogP contribution in [-0.4, -0.2) is 67.2 Å². The van der Waals surface area contributed by atoms with Gasteiger partial charge in [-0.3, -0.25) is 4.98 Å². The molecule has 0 unspecified atom stereocenters. The van der Waals surface area contributed by atoms with E-state index < -0.39 is 0 Å². The van der Waals surface area contributed by atoms with Gasteiger partial charge in [-0.05, 0) is 84.6 Å². The first kappa shape index (κ1) is 29.3. The Labute approximate surface area is 249 Å². The van der Waals surface area contributed by atoms with Crippen molar-refractivity contribution in [1.82, 2.24) is 20.1 Å². The molecule has 0 atom stereocenters. The molecule has 7 heteroatoms. The number of aromatic nitrogens is 1. The number of nitrogens with one attached hydrogen (secondary N) is 2. The molecule has 7 nitrogen and oxygen atoms in total. The summed E-state index contributed by atoms with van der Waals surface area (Å²) in [6, 6.07) is 28.5. The zero-order chi connectivity index (χ0) is 29.0. The van der Waals surface area contributed by atoms with Crippen LogP contribution in [0.5, 0.6) is 5.75 Å². The fourth-order valence-electron chi connectivity index (χ4n) is 5.34. The second-order valence-electron chi connectivity index (χ2n) is 10.9. The van der Waals surface area contributed by atoms with Gasteiger partial charge in [-0.1, -0.05) is 54.6 Å². The van der Waals surface area contributed by atoms with Crippen molar-refractivity contribution in [3.05, 3.63) is 114 Å². The Morgan fingerprint density at radius 3 is 2.21 bits per heavy atom. The number of rotatable bonds is 12. The van der Waals surface area contributed by atoms with Crippen molar-refractivity contribution in [1.29, 1.82) is 0 Å². The summed E-state index contributed by atoms with van der Waals surface area (Å²) >= 11 is 0. The Kier molecular flexibility index (Phi) is 10.6. The van der Waals surface area contributed by atoms with Crippen LogP contribution in [0.25, 0.3) is 11.1 Å². The summed E-state index contributed by atoms with van der Waals surface area (Å²) in [4.78, 5) is 21.3. The summed E-state index contributed by atoms with van der Waals surface area (Å²) in [5.74, 6) is 0.776. The fraction of sp³-hybridized carbons (Fsp3) is 0.314. The second-order valence-corrected chi connectivity index (χ2v) is 10.9. The van der Waals surface area contributed by atoms with Gasteiger partial charge in [0.2, 0.25) is 0 Å². The molecule has 218 valence electrons. The lowest BCUT2D eigenvalue weighted by Crippen LogP contribution is -2.44. The highest BCUT2D eigenvalue weighted by Crippen LogP contribution is 2.29.